The van der Waals surface area contributed by atoms with Gasteiger partial charge in [-0.3, -0.25) is 9.59 Å². The van der Waals surface area contributed by atoms with Crippen LogP contribution in [-0.4, -0.2) is 54.7 Å². The van der Waals surface area contributed by atoms with E-state index < -0.39 is 23.5 Å². The minimum Gasteiger partial charge on any atom is -0.508 e. The first-order valence-electron chi connectivity index (χ1n) is 12.3. The summed E-state index contributed by atoms with van der Waals surface area (Å²) in [6, 6.07) is 15.3. The van der Waals surface area contributed by atoms with E-state index in [-0.39, 0.29) is 23.6 Å². The van der Waals surface area contributed by atoms with Gasteiger partial charge in [0, 0.05) is 23.0 Å². The molecule has 2 heterocycles. The number of benzene rings is 3. The van der Waals surface area contributed by atoms with Crippen molar-refractivity contribution < 1.29 is 38.4 Å². The summed E-state index contributed by atoms with van der Waals surface area (Å²) in [5, 5.41) is 21.8. The highest BCUT2D eigenvalue weighted by atomic mass is 35.5. The zero-order valence-electron chi connectivity index (χ0n) is 21.9. The summed E-state index contributed by atoms with van der Waals surface area (Å²) >= 11 is 6.17. The van der Waals surface area contributed by atoms with E-state index in [9.17, 15) is 19.8 Å². The Labute approximate surface area is 234 Å². The summed E-state index contributed by atoms with van der Waals surface area (Å²) in [7, 11) is 4.53. The molecule has 3 aromatic carbocycles. The maximum Gasteiger partial charge on any atom is 0.290 e. The predicted molar refractivity (Wildman–Crippen MR) is 148 cm³/mol. The van der Waals surface area contributed by atoms with Gasteiger partial charge in [-0.1, -0.05) is 29.8 Å². The summed E-state index contributed by atoms with van der Waals surface area (Å²) < 4.78 is 21.9. The molecule has 2 N–H and O–H groups in total. The molecule has 0 fully saturated rings. The van der Waals surface area contributed by atoms with Crippen LogP contribution in [0.2, 0.25) is 5.02 Å². The van der Waals surface area contributed by atoms with Crippen LogP contribution in [0.25, 0.3) is 11.0 Å². The molecule has 1 aliphatic heterocycles. The third kappa shape index (κ3) is 4.80. The number of hydrogen-bond acceptors (Lipinski definition) is 8. The average molecular weight is 564 g/mol. The number of ketones is 1. The van der Waals surface area contributed by atoms with E-state index in [1.807, 2.05) is 6.07 Å². The first-order chi connectivity index (χ1) is 19.2. The first kappa shape index (κ1) is 27.0. The van der Waals surface area contributed by atoms with Crippen molar-refractivity contribution in [3.63, 3.8) is 0 Å². The second-order valence-corrected chi connectivity index (χ2v) is 9.60. The van der Waals surface area contributed by atoms with Gasteiger partial charge in [0.2, 0.25) is 5.78 Å². The average Bonchev–Trinajstić information content (AvgIpc) is 3.50. The number of fused-ring (bicyclic) bond motifs is 1. The molecule has 1 unspecified atom stereocenters. The van der Waals surface area contributed by atoms with Gasteiger partial charge in [-0.25, -0.2) is 0 Å². The van der Waals surface area contributed by atoms with E-state index in [1.54, 1.807) is 43.5 Å². The van der Waals surface area contributed by atoms with Crippen LogP contribution in [0.4, 0.5) is 0 Å². The van der Waals surface area contributed by atoms with E-state index in [1.165, 1.54) is 37.3 Å². The number of Topliss-reactive ketones (excluding diaryl/α,β-unsaturated/α-hetero) is 1. The zero-order valence-corrected chi connectivity index (χ0v) is 22.7. The zero-order chi connectivity index (χ0) is 28.6. The van der Waals surface area contributed by atoms with E-state index in [0.29, 0.717) is 45.2 Å². The Morgan fingerprint density at radius 2 is 1.62 bits per heavy atom. The fourth-order valence-corrected chi connectivity index (χ4v) is 5.10. The first-order valence-corrected chi connectivity index (χ1v) is 12.7. The van der Waals surface area contributed by atoms with Gasteiger partial charge in [0.15, 0.2) is 34.4 Å². The lowest BCUT2D eigenvalue weighted by Gasteiger charge is -2.27. The van der Waals surface area contributed by atoms with Gasteiger partial charge >= 0.3 is 0 Å². The SMILES string of the molecule is COc1ccc(CCN2C(=O)C(O)=C(C(=O)c3cc4cc(Cl)cc(OC)c4o3)C2c2ccc(O)cc2)cc1OC. The molecular weight excluding hydrogens is 538 g/mol. The second kappa shape index (κ2) is 10.9. The smallest absolute Gasteiger partial charge is 0.290 e. The number of aliphatic hydroxyl groups is 1. The number of carbonyl (C=O) groups is 2. The lowest BCUT2D eigenvalue weighted by atomic mass is 9.94. The number of phenols is 1. The van der Waals surface area contributed by atoms with Crippen molar-refractivity contribution in [3.05, 3.63) is 93.9 Å². The van der Waals surface area contributed by atoms with E-state index >= 15 is 0 Å². The number of carbonyl (C=O) groups excluding carboxylic acids is 2. The van der Waals surface area contributed by atoms with Crippen molar-refractivity contribution in [1.29, 1.82) is 0 Å². The van der Waals surface area contributed by atoms with Gasteiger partial charge in [0.25, 0.3) is 5.91 Å². The standard InChI is InChI=1S/C30H26ClNO8/c1-37-21-9-4-16(12-22(21)38-2)10-11-32-26(17-5-7-20(33)8-6-17)25(28(35)30(32)36)27(34)23-14-18-13-19(31)15-24(39-3)29(18)40-23/h4-9,12-15,26,33,35H,10-11H2,1-3H3. The highest BCUT2D eigenvalue weighted by molar-refractivity contribution is 6.31. The highest BCUT2D eigenvalue weighted by Crippen LogP contribution is 2.41. The molecule has 9 nitrogen and oxygen atoms in total. The quantitative estimate of drug-likeness (QED) is 0.251. The van der Waals surface area contributed by atoms with Crippen molar-refractivity contribution in [1.82, 2.24) is 4.90 Å². The largest absolute Gasteiger partial charge is 0.508 e. The van der Waals surface area contributed by atoms with Crippen LogP contribution < -0.4 is 14.2 Å². The van der Waals surface area contributed by atoms with Crippen LogP contribution in [0.15, 0.2) is 76.4 Å². The number of aromatic hydroxyl groups is 1. The summed E-state index contributed by atoms with van der Waals surface area (Å²) in [4.78, 5) is 28.6. The summed E-state index contributed by atoms with van der Waals surface area (Å²) in [6.07, 6.45) is 0.399. The van der Waals surface area contributed by atoms with Crippen molar-refractivity contribution in [2.24, 2.45) is 0 Å². The molecule has 0 bridgehead atoms. The number of halogens is 1. The van der Waals surface area contributed by atoms with Crippen LogP contribution in [0, 0.1) is 0 Å². The van der Waals surface area contributed by atoms with Gasteiger partial charge in [-0.15, -0.1) is 0 Å². The second-order valence-electron chi connectivity index (χ2n) is 9.16. The van der Waals surface area contributed by atoms with E-state index in [0.717, 1.165) is 5.56 Å². The van der Waals surface area contributed by atoms with Crippen LogP contribution in [0.5, 0.6) is 23.0 Å². The van der Waals surface area contributed by atoms with Crippen LogP contribution >= 0.6 is 11.6 Å². The molecule has 0 spiro atoms. The molecule has 1 atom stereocenters. The number of nitrogens with zero attached hydrogens (tertiary/aromatic N) is 1. The molecule has 10 heteroatoms. The number of hydrogen-bond donors (Lipinski definition) is 2. The molecule has 0 saturated heterocycles. The van der Waals surface area contributed by atoms with Crippen LogP contribution in [0.3, 0.4) is 0 Å². The van der Waals surface area contributed by atoms with Gasteiger partial charge in [0.1, 0.15) is 5.75 Å². The van der Waals surface area contributed by atoms with Gasteiger partial charge in [-0.2, -0.15) is 0 Å². The molecule has 4 aromatic rings. The maximum atomic E-state index is 13.8. The Balaban J connectivity index is 1.52. The highest BCUT2D eigenvalue weighted by Gasteiger charge is 2.44. The van der Waals surface area contributed by atoms with Crippen LogP contribution in [0.1, 0.15) is 27.7 Å². The molecule has 0 aliphatic carbocycles. The number of amides is 1. The fourth-order valence-electron chi connectivity index (χ4n) is 4.89. The molecule has 0 saturated carbocycles. The minimum absolute atomic E-state index is 0.0206. The van der Waals surface area contributed by atoms with Crippen molar-refractivity contribution in [2.45, 2.75) is 12.5 Å². The molecule has 40 heavy (non-hydrogen) atoms. The third-order valence-corrected chi connectivity index (χ3v) is 7.06. The molecule has 0 radical (unpaired) electrons. The number of phenolic OH excluding ortho intramolecular Hbond substituents is 1. The van der Waals surface area contributed by atoms with E-state index in [4.69, 9.17) is 30.2 Å². The Hall–Kier alpha value is -4.63. The molecule has 1 aliphatic rings. The molecule has 5 rings (SSSR count). The topological polar surface area (TPSA) is 119 Å². The van der Waals surface area contributed by atoms with E-state index in [2.05, 4.69) is 0 Å². The monoisotopic (exact) mass is 563 g/mol. The van der Waals surface area contributed by atoms with Gasteiger partial charge in [0.05, 0.1) is 32.9 Å². The molecule has 206 valence electrons. The fraction of sp³-hybridized carbons (Fsp3) is 0.200. The number of furan rings is 1. The summed E-state index contributed by atoms with van der Waals surface area (Å²) in [6.45, 7) is 0.171. The van der Waals surface area contributed by atoms with Crippen molar-refractivity contribution in [2.75, 3.05) is 27.9 Å². The third-order valence-electron chi connectivity index (χ3n) is 6.84. The Morgan fingerprint density at radius 3 is 2.30 bits per heavy atom. The van der Waals surface area contributed by atoms with Gasteiger partial charge < -0.3 is 33.7 Å². The maximum absolute atomic E-state index is 13.8. The van der Waals surface area contributed by atoms with Gasteiger partial charge in [-0.05, 0) is 53.9 Å². The van der Waals surface area contributed by atoms with Crippen molar-refractivity contribution in [3.8, 4) is 23.0 Å². The number of aliphatic hydroxyl groups excluding tert-OH is 1. The summed E-state index contributed by atoms with van der Waals surface area (Å²) in [5.74, 6) is -0.635. The lowest BCUT2D eigenvalue weighted by Crippen LogP contribution is -2.33. The molecule has 1 aromatic heterocycles. The Kier molecular flexibility index (Phi) is 7.32. The van der Waals surface area contributed by atoms with Crippen molar-refractivity contribution >= 4 is 34.3 Å². The predicted octanol–water partition coefficient (Wildman–Crippen LogP) is 5.64. The summed E-state index contributed by atoms with van der Waals surface area (Å²) in [5.41, 5.74) is 1.57. The Bertz CT molecular complexity index is 1640. The normalized spacial score (nSPS) is 15.2. The number of rotatable bonds is 9. The lowest BCUT2D eigenvalue weighted by molar-refractivity contribution is -0.129. The number of ether oxygens (including phenoxy) is 3. The minimum atomic E-state index is -0.931. The molecule has 1 amide bonds. The number of methoxy groups -OCH3 is 3. The van der Waals surface area contributed by atoms with Crippen LogP contribution in [-0.2, 0) is 11.2 Å². The molecular formula is C30H26ClNO8. The Morgan fingerprint density at radius 1 is 0.925 bits per heavy atom.